The third-order valence-corrected chi connectivity index (χ3v) is 5.66. The summed E-state index contributed by atoms with van der Waals surface area (Å²) in [6.45, 7) is 1.69. The second kappa shape index (κ2) is 8.14. The monoisotopic (exact) mass is 464 g/mol. The Morgan fingerprint density at radius 3 is 2.47 bits per heavy atom. The summed E-state index contributed by atoms with van der Waals surface area (Å²) in [4.78, 5) is 26.4. The van der Waals surface area contributed by atoms with Crippen LogP contribution in [0.25, 0.3) is 11.0 Å². The lowest BCUT2D eigenvalue weighted by molar-refractivity contribution is -0.122. The number of carbonyl (C=O) groups excluding carboxylic acids is 1. The van der Waals surface area contributed by atoms with Gasteiger partial charge in [-0.3, -0.25) is 4.79 Å². The molecule has 2 aromatic carbocycles. The Labute approximate surface area is 192 Å². The number of rotatable bonds is 5. The summed E-state index contributed by atoms with van der Waals surface area (Å²) in [6, 6.07) is 11.5. The van der Waals surface area contributed by atoms with E-state index >= 15 is 0 Å². The number of hydrogen-bond donors (Lipinski definition) is 2. The summed E-state index contributed by atoms with van der Waals surface area (Å²) in [5.41, 5.74) is 0.311. The molecular formula is C24H20N2O8. The van der Waals surface area contributed by atoms with Gasteiger partial charge >= 0.3 is 5.63 Å². The number of aromatic nitrogens is 1. The molecule has 0 bridgehead atoms. The van der Waals surface area contributed by atoms with Crippen LogP contribution in [0.1, 0.15) is 22.8 Å². The first-order chi connectivity index (χ1) is 16.4. The average Bonchev–Trinajstić information content (AvgIpc) is 3.43. The minimum atomic E-state index is -1.17. The molecule has 1 amide bonds. The molecular weight excluding hydrogens is 444 g/mol. The van der Waals surface area contributed by atoms with Crippen LogP contribution >= 0.6 is 0 Å². The van der Waals surface area contributed by atoms with Gasteiger partial charge in [0.15, 0.2) is 23.4 Å². The number of amides is 1. The summed E-state index contributed by atoms with van der Waals surface area (Å²) in [6.07, 6.45) is -1.17. The number of hydrogen-bond acceptors (Lipinski definition) is 9. The molecule has 0 saturated carbocycles. The maximum Gasteiger partial charge on any atom is 0.344 e. The first kappa shape index (κ1) is 21.4. The number of aryl methyl sites for hydroxylation is 1. The smallest absolute Gasteiger partial charge is 0.344 e. The lowest BCUT2D eigenvalue weighted by Gasteiger charge is -2.20. The third-order valence-electron chi connectivity index (χ3n) is 5.66. The van der Waals surface area contributed by atoms with Crippen LogP contribution in [0.2, 0.25) is 0 Å². The van der Waals surface area contributed by atoms with Gasteiger partial charge < -0.3 is 33.6 Å². The van der Waals surface area contributed by atoms with Crippen molar-refractivity contribution in [3.05, 3.63) is 69.8 Å². The lowest BCUT2D eigenvalue weighted by atomic mass is 9.87. The standard InChI is InChI=1S/C24H20N2O8/c1-11-8-17(26-34-11)25-23(28)22-18(12-9-15(30-2)20(27)16(10-12)31-3)19-21(33-22)13-6-4-5-7-14(13)32-24(19)29/h4-10,18,22,27H,1-3H3,(H,25,26,28). The van der Waals surface area contributed by atoms with Crippen molar-refractivity contribution in [2.45, 2.75) is 18.9 Å². The van der Waals surface area contributed by atoms with Crippen molar-refractivity contribution in [1.82, 2.24) is 5.16 Å². The van der Waals surface area contributed by atoms with Gasteiger partial charge in [0.2, 0.25) is 5.75 Å². The molecule has 10 nitrogen and oxygen atoms in total. The molecule has 34 heavy (non-hydrogen) atoms. The van der Waals surface area contributed by atoms with E-state index in [0.717, 1.165) is 0 Å². The summed E-state index contributed by atoms with van der Waals surface area (Å²) in [5, 5.41) is 17.4. The van der Waals surface area contributed by atoms with Crippen LogP contribution in [0.4, 0.5) is 5.82 Å². The van der Waals surface area contributed by atoms with E-state index in [1.165, 1.54) is 26.4 Å². The van der Waals surface area contributed by atoms with E-state index in [9.17, 15) is 14.7 Å². The first-order valence-electron chi connectivity index (χ1n) is 10.3. The molecule has 3 heterocycles. The number of carbonyl (C=O) groups is 1. The number of fused-ring (bicyclic) bond motifs is 3. The highest BCUT2D eigenvalue weighted by molar-refractivity contribution is 5.97. The second-order valence-corrected chi connectivity index (χ2v) is 7.73. The minimum absolute atomic E-state index is 0.110. The Kier molecular flexibility index (Phi) is 5.12. The van der Waals surface area contributed by atoms with Crippen molar-refractivity contribution < 1.29 is 33.1 Å². The third kappa shape index (κ3) is 3.40. The Morgan fingerprint density at radius 2 is 1.82 bits per heavy atom. The summed E-state index contributed by atoms with van der Waals surface area (Å²) < 4.78 is 27.2. The van der Waals surface area contributed by atoms with Crippen molar-refractivity contribution in [2.24, 2.45) is 0 Å². The molecule has 174 valence electrons. The van der Waals surface area contributed by atoms with Crippen LogP contribution in [0.5, 0.6) is 23.0 Å². The number of phenols is 1. The average molecular weight is 464 g/mol. The molecule has 0 aliphatic carbocycles. The Bertz CT molecular complexity index is 1450. The van der Waals surface area contributed by atoms with Gasteiger partial charge in [0.1, 0.15) is 17.1 Å². The highest BCUT2D eigenvalue weighted by Crippen LogP contribution is 2.48. The number of para-hydroxylation sites is 1. The summed E-state index contributed by atoms with van der Waals surface area (Å²) in [5.74, 6) is -0.465. The largest absolute Gasteiger partial charge is 0.502 e. The van der Waals surface area contributed by atoms with Crippen LogP contribution in [0, 0.1) is 6.92 Å². The van der Waals surface area contributed by atoms with Crippen LogP contribution in [-0.4, -0.2) is 36.5 Å². The maximum absolute atomic E-state index is 13.3. The van der Waals surface area contributed by atoms with E-state index in [0.29, 0.717) is 22.3 Å². The van der Waals surface area contributed by atoms with E-state index in [4.69, 9.17) is 23.2 Å². The predicted octanol–water partition coefficient (Wildman–Crippen LogP) is 3.34. The Balaban J connectivity index is 1.70. The molecule has 2 N–H and O–H groups in total. The van der Waals surface area contributed by atoms with Crippen LogP contribution < -0.4 is 25.2 Å². The fourth-order valence-corrected chi connectivity index (χ4v) is 4.14. The van der Waals surface area contributed by atoms with Crippen molar-refractivity contribution >= 4 is 22.7 Å². The number of nitrogens with zero attached hydrogens (tertiary/aromatic N) is 1. The normalized spacial score (nSPS) is 16.7. The zero-order valence-electron chi connectivity index (χ0n) is 18.4. The van der Waals surface area contributed by atoms with E-state index in [2.05, 4.69) is 10.5 Å². The topological polar surface area (TPSA) is 133 Å². The van der Waals surface area contributed by atoms with Gasteiger partial charge in [-0.2, -0.15) is 0 Å². The fraction of sp³-hybridized carbons (Fsp3) is 0.208. The van der Waals surface area contributed by atoms with E-state index in [1.54, 1.807) is 37.3 Å². The molecule has 0 spiro atoms. The number of methoxy groups -OCH3 is 2. The zero-order valence-corrected chi connectivity index (χ0v) is 18.4. The van der Waals surface area contributed by atoms with Gasteiger partial charge in [-0.05, 0) is 36.8 Å². The SMILES string of the molecule is COc1cc(C2c3c(c4ccccc4oc3=O)OC2C(=O)Nc2cc(C)on2)cc(OC)c1O. The van der Waals surface area contributed by atoms with Gasteiger partial charge in [0, 0.05) is 6.07 Å². The fourth-order valence-electron chi connectivity index (χ4n) is 4.14. The van der Waals surface area contributed by atoms with Gasteiger partial charge in [0.25, 0.3) is 5.91 Å². The quantitative estimate of drug-likeness (QED) is 0.427. The molecule has 2 unspecified atom stereocenters. The number of benzene rings is 2. The van der Waals surface area contributed by atoms with Crippen molar-refractivity contribution in [2.75, 3.05) is 19.5 Å². The maximum atomic E-state index is 13.3. The second-order valence-electron chi connectivity index (χ2n) is 7.73. The summed E-state index contributed by atoms with van der Waals surface area (Å²) in [7, 11) is 2.77. The zero-order chi connectivity index (χ0) is 24.0. The van der Waals surface area contributed by atoms with E-state index in [-0.39, 0.29) is 34.4 Å². The number of aromatic hydroxyl groups is 1. The highest BCUT2D eigenvalue weighted by atomic mass is 16.5. The molecule has 0 fully saturated rings. The van der Waals surface area contributed by atoms with Gasteiger partial charge in [0.05, 0.1) is 31.1 Å². The van der Waals surface area contributed by atoms with Crippen molar-refractivity contribution in [3.8, 4) is 23.0 Å². The molecule has 2 atom stereocenters. The minimum Gasteiger partial charge on any atom is -0.502 e. The Hall–Kier alpha value is -4.47. The van der Waals surface area contributed by atoms with Crippen LogP contribution in [0.3, 0.4) is 0 Å². The molecule has 0 radical (unpaired) electrons. The van der Waals surface area contributed by atoms with Gasteiger partial charge in [-0.15, -0.1) is 0 Å². The first-order valence-corrected chi connectivity index (χ1v) is 10.3. The number of ether oxygens (including phenoxy) is 3. The number of phenolic OH excluding ortho intramolecular Hbond substituents is 1. The van der Waals surface area contributed by atoms with E-state index < -0.39 is 23.6 Å². The molecule has 5 rings (SSSR count). The van der Waals surface area contributed by atoms with Gasteiger partial charge in [-0.1, -0.05) is 17.3 Å². The molecule has 4 aromatic rings. The van der Waals surface area contributed by atoms with Crippen LogP contribution in [-0.2, 0) is 4.79 Å². The van der Waals surface area contributed by atoms with Crippen molar-refractivity contribution in [1.29, 1.82) is 0 Å². The molecule has 1 aliphatic heterocycles. The number of nitrogens with one attached hydrogen (secondary N) is 1. The van der Waals surface area contributed by atoms with Crippen molar-refractivity contribution in [3.63, 3.8) is 0 Å². The highest BCUT2D eigenvalue weighted by Gasteiger charge is 2.45. The lowest BCUT2D eigenvalue weighted by Crippen LogP contribution is -2.35. The predicted molar refractivity (Wildman–Crippen MR) is 120 cm³/mol. The molecule has 10 heteroatoms. The molecule has 0 saturated heterocycles. The van der Waals surface area contributed by atoms with Gasteiger partial charge in [-0.25, -0.2) is 4.79 Å². The van der Waals surface area contributed by atoms with Crippen LogP contribution in [0.15, 0.2) is 56.2 Å². The Morgan fingerprint density at radius 1 is 1.12 bits per heavy atom. The number of anilines is 1. The molecule has 1 aliphatic rings. The van der Waals surface area contributed by atoms with E-state index in [1.807, 2.05) is 0 Å². The molecule has 2 aromatic heterocycles. The summed E-state index contributed by atoms with van der Waals surface area (Å²) >= 11 is 0.